The molecule has 0 saturated heterocycles. The number of fused-ring (bicyclic) bond motifs is 1. The van der Waals surface area contributed by atoms with E-state index in [-0.39, 0.29) is 24.0 Å². The molecule has 0 saturated carbocycles. The van der Waals surface area contributed by atoms with Crippen LogP contribution in [0.4, 0.5) is 0 Å². The van der Waals surface area contributed by atoms with E-state index < -0.39 is 0 Å². The van der Waals surface area contributed by atoms with Crippen LogP contribution in [0.25, 0.3) is 11.0 Å². The van der Waals surface area contributed by atoms with Gasteiger partial charge in [0.05, 0.1) is 23.3 Å². The average molecular weight is 467 g/mol. The third-order valence-electron chi connectivity index (χ3n) is 4.14. The van der Waals surface area contributed by atoms with Gasteiger partial charge in [-0.15, -0.1) is 24.0 Å². The molecule has 26 heavy (non-hydrogen) atoms. The number of aliphatic imine (C=N–C) groups is 1. The van der Waals surface area contributed by atoms with E-state index in [1.54, 1.807) is 6.20 Å². The Kier molecular flexibility index (Phi) is 7.43. The molecule has 0 unspecified atom stereocenters. The molecular formula is C18H26IN7. The summed E-state index contributed by atoms with van der Waals surface area (Å²) in [5.74, 6) is 1.84. The third-order valence-corrected chi connectivity index (χ3v) is 4.14. The zero-order chi connectivity index (χ0) is 17.6. The predicted molar refractivity (Wildman–Crippen MR) is 116 cm³/mol. The molecule has 1 aromatic carbocycles. The molecule has 0 atom stereocenters. The zero-order valence-electron chi connectivity index (χ0n) is 15.4. The second-order valence-electron chi connectivity index (χ2n) is 5.87. The SMILES string of the molecule is CCNC(=NCc1ccnn1C)NCCn1c(C)nc2ccccc21.I. The van der Waals surface area contributed by atoms with Gasteiger partial charge in [-0.3, -0.25) is 4.68 Å². The van der Waals surface area contributed by atoms with Crippen molar-refractivity contribution < 1.29 is 0 Å². The van der Waals surface area contributed by atoms with Crippen molar-refractivity contribution in [3.63, 3.8) is 0 Å². The summed E-state index contributed by atoms with van der Waals surface area (Å²) in [5.41, 5.74) is 3.28. The Bertz CT molecular complexity index is 865. The average Bonchev–Trinajstić information content (AvgIpc) is 3.15. The molecule has 0 radical (unpaired) electrons. The lowest BCUT2D eigenvalue weighted by Gasteiger charge is -2.13. The molecule has 2 heterocycles. The van der Waals surface area contributed by atoms with Gasteiger partial charge in [0.15, 0.2) is 5.96 Å². The van der Waals surface area contributed by atoms with Crippen LogP contribution < -0.4 is 10.6 Å². The predicted octanol–water partition coefficient (Wildman–Crippen LogP) is 2.45. The molecule has 0 aliphatic carbocycles. The Labute approximate surface area is 170 Å². The van der Waals surface area contributed by atoms with E-state index in [0.717, 1.165) is 42.6 Å². The van der Waals surface area contributed by atoms with E-state index in [9.17, 15) is 0 Å². The Balaban J connectivity index is 0.00000243. The van der Waals surface area contributed by atoms with Gasteiger partial charge in [0, 0.05) is 32.9 Å². The van der Waals surface area contributed by atoms with Gasteiger partial charge in [-0.2, -0.15) is 5.10 Å². The number of imidazole rings is 1. The molecule has 140 valence electrons. The Morgan fingerprint density at radius 2 is 2.00 bits per heavy atom. The lowest BCUT2D eigenvalue weighted by molar-refractivity contribution is 0.658. The quantitative estimate of drug-likeness (QED) is 0.332. The molecule has 0 bridgehead atoms. The van der Waals surface area contributed by atoms with Crippen LogP contribution in [0.5, 0.6) is 0 Å². The van der Waals surface area contributed by atoms with Gasteiger partial charge in [0.2, 0.25) is 0 Å². The lowest BCUT2D eigenvalue weighted by Crippen LogP contribution is -2.39. The molecule has 2 aromatic heterocycles. The van der Waals surface area contributed by atoms with Gasteiger partial charge in [-0.05, 0) is 32.0 Å². The van der Waals surface area contributed by atoms with Gasteiger partial charge in [-0.1, -0.05) is 12.1 Å². The summed E-state index contributed by atoms with van der Waals surface area (Å²) < 4.78 is 4.07. The van der Waals surface area contributed by atoms with Crippen molar-refractivity contribution in [1.29, 1.82) is 0 Å². The van der Waals surface area contributed by atoms with Crippen molar-refractivity contribution in [2.24, 2.45) is 12.0 Å². The monoisotopic (exact) mass is 467 g/mol. The minimum absolute atomic E-state index is 0. The molecule has 2 N–H and O–H groups in total. The minimum Gasteiger partial charge on any atom is -0.357 e. The molecule has 0 aliphatic rings. The topological polar surface area (TPSA) is 72.1 Å². The highest BCUT2D eigenvalue weighted by molar-refractivity contribution is 14.0. The maximum atomic E-state index is 4.63. The van der Waals surface area contributed by atoms with Gasteiger partial charge >= 0.3 is 0 Å². The Morgan fingerprint density at radius 3 is 2.73 bits per heavy atom. The second kappa shape index (κ2) is 9.56. The molecule has 0 fully saturated rings. The van der Waals surface area contributed by atoms with Crippen molar-refractivity contribution in [1.82, 2.24) is 30.0 Å². The minimum atomic E-state index is 0. The Morgan fingerprint density at radius 1 is 1.19 bits per heavy atom. The van der Waals surface area contributed by atoms with Crippen molar-refractivity contribution in [3.8, 4) is 0 Å². The first-order valence-corrected chi connectivity index (χ1v) is 8.60. The number of nitrogens with zero attached hydrogens (tertiary/aromatic N) is 5. The first-order chi connectivity index (χ1) is 12.2. The molecule has 7 nitrogen and oxygen atoms in total. The van der Waals surface area contributed by atoms with Gasteiger partial charge in [-0.25, -0.2) is 9.98 Å². The van der Waals surface area contributed by atoms with Crippen LogP contribution in [0.3, 0.4) is 0 Å². The Hall–Kier alpha value is -2.10. The number of halogens is 1. The summed E-state index contributed by atoms with van der Waals surface area (Å²) in [6, 6.07) is 10.2. The highest BCUT2D eigenvalue weighted by Gasteiger charge is 2.06. The first kappa shape index (κ1) is 20.2. The van der Waals surface area contributed by atoms with E-state index in [4.69, 9.17) is 0 Å². The number of hydrogen-bond donors (Lipinski definition) is 2. The summed E-state index contributed by atoms with van der Waals surface area (Å²) in [6.45, 7) is 7.14. The molecule has 3 aromatic rings. The number of rotatable bonds is 6. The summed E-state index contributed by atoms with van der Waals surface area (Å²) in [5, 5.41) is 10.8. The third kappa shape index (κ3) is 4.75. The fraction of sp³-hybridized carbons (Fsp3) is 0.389. The maximum Gasteiger partial charge on any atom is 0.191 e. The number of benzene rings is 1. The molecular weight excluding hydrogens is 441 g/mol. The van der Waals surface area contributed by atoms with Gasteiger partial charge in [0.1, 0.15) is 5.82 Å². The highest BCUT2D eigenvalue weighted by Crippen LogP contribution is 2.14. The fourth-order valence-corrected chi connectivity index (χ4v) is 2.82. The molecule has 3 rings (SSSR count). The van der Waals surface area contributed by atoms with Crippen molar-refractivity contribution in [2.45, 2.75) is 26.9 Å². The van der Waals surface area contributed by atoms with Crippen LogP contribution >= 0.6 is 24.0 Å². The zero-order valence-corrected chi connectivity index (χ0v) is 17.8. The number of guanidine groups is 1. The van der Waals surface area contributed by atoms with Crippen LogP contribution in [0.2, 0.25) is 0 Å². The van der Waals surface area contributed by atoms with E-state index in [1.165, 1.54) is 5.52 Å². The van der Waals surface area contributed by atoms with E-state index >= 15 is 0 Å². The summed E-state index contributed by atoms with van der Waals surface area (Å²) in [6.07, 6.45) is 1.79. The molecule has 8 heteroatoms. The van der Waals surface area contributed by atoms with Crippen LogP contribution in [-0.2, 0) is 20.1 Å². The number of aryl methyl sites for hydroxylation is 2. The normalized spacial score (nSPS) is 11.4. The number of hydrogen-bond acceptors (Lipinski definition) is 3. The smallest absolute Gasteiger partial charge is 0.191 e. The van der Waals surface area contributed by atoms with Crippen LogP contribution in [-0.4, -0.2) is 38.4 Å². The fourth-order valence-electron chi connectivity index (χ4n) is 2.82. The van der Waals surface area contributed by atoms with Crippen LogP contribution in [0, 0.1) is 6.92 Å². The number of nitrogens with one attached hydrogen (secondary N) is 2. The number of aromatic nitrogens is 4. The van der Waals surface area contributed by atoms with Crippen molar-refractivity contribution >= 4 is 41.0 Å². The van der Waals surface area contributed by atoms with E-state index in [2.05, 4.69) is 43.3 Å². The maximum absolute atomic E-state index is 4.63. The summed E-state index contributed by atoms with van der Waals surface area (Å²) in [7, 11) is 1.93. The van der Waals surface area contributed by atoms with Gasteiger partial charge < -0.3 is 15.2 Å². The number of para-hydroxylation sites is 2. The van der Waals surface area contributed by atoms with E-state index in [1.807, 2.05) is 42.9 Å². The van der Waals surface area contributed by atoms with Crippen LogP contribution in [0.15, 0.2) is 41.5 Å². The standard InChI is InChI=1S/C18H25N7.HI/c1-4-19-18(21-13-15-9-10-22-24(15)3)20-11-12-25-14(2)23-16-7-5-6-8-17(16)25;/h5-10H,4,11-13H2,1-3H3,(H2,19,20,21);1H. The van der Waals surface area contributed by atoms with Crippen molar-refractivity contribution in [2.75, 3.05) is 13.1 Å². The van der Waals surface area contributed by atoms with Crippen molar-refractivity contribution in [3.05, 3.63) is 48.0 Å². The second-order valence-corrected chi connectivity index (χ2v) is 5.87. The largest absolute Gasteiger partial charge is 0.357 e. The molecule has 0 aliphatic heterocycles. The molecule has 0 amide bonds. The summed E-state index contributed by atoms with van der Waals surface area (Å²) in [4.78, 5) is 9.24. The lowest BCUT2D eigenvalue weighted by atomic mass is 10.3. The molecule has 0 spiro atoms. The first-order valence-electron chi connectivity index (χ1n) is 8.60. The highest BCUT2D eigenvalue weighted by atomic mass is 127. The van der Waals surface area contributed by atoms with Crippen LogP contribution in [0.1, 0.15) is 18.4 Å². The summed E-state index contributed by atoms with van der Waals surface area (Å²) >= 11 is 0. The van der Waals surface area contributed by atoms with E-state index in [0.29, 0.717) is 6.54 Å². The van der Waals surface area contributed by atoms with Gasteiger partial charge in [0.25, 0.3) is 0 Å².